The predicted molar refractivity (Wildman–Crippen MR) is 60.6 cm³/mol. The lowest BCUT2D eigenvalue weighted by molar-refractivity contribution is 0.0912. The Hall–Kier alpha value is -0.670. The molecule has 1 amide bonds. The number of carbonyl (C=O) groups is 1. The number of furan rings is 1. The lowest BCUT2D eigenvalue weighted by Crippen LogP contribution is -2.49. The summed E-state index contributed by atoms with van der Waals surface area (Å²) in [5, 5.41) is 2.68. The molecule has 84 valence electrons. The number of alkyl halides is 1. The molecule has 1 N–H and O–H groups in total. The first-order valence-corrected chi connectivity index (χ1v) is 5.35. The van der Waals surface area contributed by atoms with Gasteiger partial charge in [0.2, 0.25) is 5.22 Å². The molecule has 0 bridgehead atoms. The number of hydrogen-bond acceptors (Lipinski definition) is 2. The van der Waals surface area contributed by atoms with Gasteiger partial charge >= 0.3 is 0 Å². The Labute approximate surface area is 98.7 Å². The lowest BCUT2D eigenvalue weighted by Gasteiger charge is -2.28. The summed E-state index contributed by atoms with van der Waals surface area (Å²) in [6, 6.07) is 1.52. The van der Waals surface area contributed by atoms with E-state index in [4.69, 9.17) is 27.6 Å². The van der Waals surface area contributed by atoms with Crippen LogP contribution in [0, 0.1) is 0 Å². The number of rotatable bonds is 3. The second-order valence-corrected chi connectivity index (χ2v) is 4.90. The van der Waals surface area contributed by atoms with E-state index in [-0.39, 0.29) is 16.5 Å². The summed E-state index contributed by atoms with van der Waals surface area (Å²) in [5.41, 5.74) is -0.179. The maximum absolute atomic E-state index is 11.7. The van der Waals surface area contributed by atoms with Gasteiger partial charge < -0.3 is 9.73 Å². The zero-order chi connectivity index (χ0) is 11.6. The van der Waals surface area contributed by atoms with Crippen LogP contribution in [-0.4, -0.2) is 16.8 Å². The van der Waals surface area contributed by atoms with Crippen LogP contribution in [0.4, 0.5) is 0 Å². The minimum atomic E-state index is -0.501. The molecule has 1 rings (SSSR count). The smallest absolute Gasteiger partial charge is 0.256 e. The van der Waals surface area contributed by atoms with Crippen molar-refractivity contribution >= 4 is 29.1 Å². The van der Waals surface area contributed by atoms with E-state index in [9.17, 15) is 4.79 Å². The molecule has 3 nitrogen and oxygen atoms in total. The summed E-state index contributed by atoms with van der Waals surface area (Å²) in [4.78, 5) is 11.7. The summed E-state index contributed by atoms with van der Waals surface area (Å²) in [7, 11) is 0. The third kappa shape index (κ3) is 2.89. The SMILES string of the molecule is CC(Cl)C(C)(C)NC(=O)c1ccoc1Cl. The van der Waals surface area contributed by atoms with E-state index >= 15 is 0 Å². The van der Waals surface area contributed by atoms with Gasteiger partial charge in [-0.05, 0) is 38.4 Å². The topological polar surface area (TPSA) is 42.2 Å². The number of carbonyl (C=O) groups excluding carboxylic acids is 1. The highest BCUT2D eigenvalue weighted by Crippen LogP contribution is 2.19. The molecule has 0 saturated heterocycles. The Morgan fingerprint density at radius 1 is 1.60 bits per heavy atom. The molecule has 0 aliphatic rings. The lowest BCUT2D eigenvalue weighted by atomic mass is 10.0. The minimum absolute atomic E-state index is 0.0884. The van der Waals surface area contributed by atoms with E-state index in [1.807, 2.05) is 20.8 Å². The molecule has 0 spiro atoms. The molecule has 1 aromatic heterocycles. The molecular weight excluding hydrogens is 237 g/mol. The maximum Gasteiger partial charge on any atom is 0.256 e. The van der Waals surface area contributed by atoms with E-state index in [1.165, 1.54) is 12.3 Å². The molecule has 0 aliphatic carbocycles. The van der Waals surface area contributed by atoms with E-state index in [2.05, 4.69) is 5.32 Å². The first-order valence-electron chi connectivity index (χ1n) is 4.54. The summed E-state index contributed by atoms with van der Waals surface area (Å²) < 4.78 is 4.83. The molecule has 1 atom stereocenters. The highest BCUT2D eigenvalue weighted by Gasteiger charge is 2.27. The first-order chi connectivity index (χ1) is 6.84. The first kappa shape index (κ1) is 12.4. The molecule has 0 fully saturated rings. The average Bonchev–Trinajstić information content (AvgIpc) is 2.50. The summed E-state index contributed by atoms with van der Waals surface area (Å²) in [5.74, 6) is -0.286. The zero-order valence-corrected chi connectivity index (χ0v) is 10.3. The molecule has 0 aliphatic heterocycles. The van der Waals surface area contributed by atoms with Crippen LogP contribution in [0.2, 0.25) is 5.22 Å². The average molecular weight is 250 g/mol. The fourth-order valence-electron chi connectivity index (χ4n) is 0.915. The maximum atomic E-state index is 11.7. The number of hydrogen-bond donors (Lipinski definition) is 1. The second-order valence-electron chi connectivity index (χ2n) is 3.90. The Morgan fingerprint density at radius 3 is 2.60 bits per heavy atom. The number of nitrogens with one attached hydrogen (secondary N) is 1. The highest BCUT2D eigenvalue weighted by molar-refractivity contribution is 6.32. The highest BCUT2D eigenvalue weighted by atomic mass is 35.5. The second kappa shape index (κ2) is 4.45. The van der Waals surface area contributed by atoms with E-state index in [0.29, 0.717) is 5.56 Å². The predicted octanol–water partition coefficient (Wildman–Crippen LogP) is 3.07. The van der Waals surface area contributed by atoms with Crippen LogP contribution in [-0.2, 0) is 0 Å². The third-order valence-corrected chi connectivity index (χ3v) is 3.13. The van der Waals surface area contributed by atoms with E-state index in [0.717, 1.165) is 0 Å². The molecule has 5 heteroatoms. The Balaban J connectivity index is 2.77. The van der Waals surface area contributed by atoms with Gasteiger partial charge in [-0.2, -0.15) is 0 Å². The van der Waals surface area contributed by atoms with Crippen molar-refractivity contribution in [2.75, 3.05) is 0 Å². The van der Waals surface area contributed by atoms with Crippen LogP contribution < -0.4 is 5.32 Å². The Morgan fingerprint density at radius 2 is 2.20 bits per heavy atom. The van der Waals surface area contributed by atoms with Crippen LogP contribution in [0.15, 0.2) is 16.7 Å². The van der Waals surface area contributed by atoms with Crippen LogP contribution in [0.5, 0.6) is 0 Å². The van der Waals surface area contributed by atoms with Crippen molar-refractivity contribution in [1.82, 2.24) is 5.32 Å². The fraction of sp³-hybridized carbons (Fsp3) is 0.500. The largest absolute Gasteiger partial charge is 0.452 e. The Bertz CT molecular complexity index is 358. The minimum Gasteiger partial charge on any atom is -0.452 e. The van der Waals surface area contributed by atoms with Gasteiger partial charge in [-0.25, -0.2) is 0 Å². The van der Waals surface area contributed by atoms with Crippen LogP contribution in [0.25, 0.3) is 0 Å². The molecule has 0 aromatic carbocycles. The van der Waals surface area contributed by atoms with E-state index < -0.39 is 5.54 Å². The molecule has 1 heterocycles. The third-order valence-electron chi connectivity index (χ3n) is 2.29. The summed E-state index contributed by atoms with van der Waals surface area (Å²) in [6.07, 6.45) is 1.37. The van der Waals surface area contributed by atoms with Crippen molar-refractivity contribution < 1.29 is 9.21 Å². The van der Waals surface area contributed by atoms with Gasteiger partial charge in [-0.15, -0.1) is 11.6 Å². The van der Waals surface area contributed by atoms with Gasteiger partial charge in [-0.3, -0.25) is 4.79 Å². The van der Waals surface area contributed by atoms with Gasteiger partial charge in [0.1, 0.15) is 0 Å². The van der Waals surface area contributed by atoms with Crippen molar-refractivity contribution in [3.8, 4) is 0 Å². The van der Waals surface area contributed by atoms with Gasteiger partial charge in [-0.1, -0.05) is 0 Å². The normalized spacial score (nSPS) is 13.7. The van der Waals surface area contributed by atoms with Crippen molar-refractivity contribution in [3.05, 3.63) is 23.1 Å². The summed E-state index contributed by atoms with van der Waals surface area (Å²) >= 11 is 11.6. The van der Waals surface area contributed by atoms with Crippen molar-refractivity contribution in [3.63, 3.8) is 0 Å². The van der Waals surface area contributed by atoms with Gasteiger partial charge in [0.15, 0.2) is 0 Å². The van der Waals surface area contributed by atoms with Crippen LogP contribution in [0.3, 0.4) is 0 Å². The van der Waals surface area contributed by atoms with E-state index in [1.54, 1.807) is 0 Å². The molecule has 15 heavy (non-hydrogen) atoms. The number of halogens is 2. The fourth-order valence-corrected chi connectivity index (χ4v) is 1.17. The van der Waals surface area contributed by atoms with Gasteiger partial charge in [0, 0.05) is 0 Å². The molecule has 1 aromatic rings. The standard InChI is InChI=1S/C10H13Cl2NO2/c1-6(11)10(2,3)13-9(14)7-4-5-15-8(7)12/h4-6H,1-3H3,(H,13,14). The van der Waals surface area contributed by atoms with Crippen molar-refractivity contribution in [2.45, 2.75) is 31.7 Å². The number of amides is 1. The summed E-state index contributed by atoms with van der Waals surface area (Å²) in [6.45, 7) is 5.51. The molecule has 0 saturated carbocycles. The zero-order valence-electron chi connectivity index (χ0n) is 8.80. The van der Waals surface area contributed by atoms with Crippen molar-refractivity contribution in [2.24, 2.45) is 0 Å². The molecule has 1 unspecified atom stereocenters. The monoisotopic (exact) mass is 249 g/mol. The molecule has 0 radical (unpaired) electrons. The van der Waals surface area contributed by atoms with Crippen molar-refractivity contribution in [1.29, 1.82) is 0 Å². The van der Waals surface area contributed by atoms with Gasteiger partial charge in [0.05, 0.1) is 22.7 Å². The van der Waals surface area contributed by atoms with Crippen LogP contribution in [0.1, 0.15) is 31.1 Å². The van der Waals surface area contributed by atoms with Crippen LogP contribution >= 0.6 is 23.2 Å². The quantitative estimate of drug-likeness (QED) is 0.837. The Kier molecular flexibility index (Phi) is 3.68. The molecular formula is C10H13Cl2NO2. The van der Waals surface area contributed by atoms with Gasteiger partial charge in [0.25, 0.3) is 5.91 Å².